The van der Waals surface area contributed by atoms with Gasteiger partial charge in [-0.1, -0.05) is 259 Å². The van der Waals surface area contributed by atoms with Crippen LogP contribution in [0.15, 0.2) is 109 Å². The van der Waals surface area contributed by atoms with Crippen molar-refractivity contribution < 1.29 is 58.2 Å². The van der Waals surface area contributed by atoms with Crippen LogP contribution in [0.25, 0.3) is 0 Å². The largest absolute Gasteiger partial charge is 0.479 e. The normalized spacial score (nSPS) is 18.3. The molecule has 1 rings (SSSR count). The average Bonchev–Trinajstić information content (AvgIpc) is 3.58. The van der Waals surface area contributed by atoms with Gasteiger partial charge in [-0.3, -0.25) is 14.4 Å². The van der Waals surface area contributed by atoms with Crippen LogP contribution in [0.4, 0.5) is 0 Å². The Balaban J connectivity index is 2.70. The van der Waals surface area contributed by atoms with Gasteiger partial charge in [0.15, 0.2) is 24.6 Å². The molecule has 472 valence electrons. The Labute approximate surface area is 504 Å². The Hall–Kier alpha value is -4.62. The van der Waals surface area contributed by atoms with E-state index in [2.05, 4.69) is 124 Å². The monoisotopic (exact) mass is 1160 g/mol. The van der Waals surface area contributed by atoms with E-state index in [1.54, 1.807) is 0 Å². The summed E-state index contributed by atoms with van der Waals surface area (Å²) in [5.41, 5.74) is 0. The summed E-state index contributed by atoms with van der Waals surface area (Å²) in [6, 6.07) is 0. The number of hydrogen-bond donors (Lipinski definition) is 3. The Morgan fingerprint density at radius 3 is 1.19 bits per heavy atom. The van der Waals surface area contributed by atoms with Crippen LogP contribution in [0, 0.1) is 0 Å². The van der Waals surface area contributed by atoms with Crippen molar-refractivity contribution in [3.63, 3.8) is 0 Å². The summed E-state index contributed by atoms with van der Waals surface area (Å²) in [7, 11) is 0. The molecule has 3 N–H and O–H groups in total. The quantitative estimate of drug-likeness (QED) is 0.0228. The van der Waals surface area contributed by atoms with Gasteiger partial charge < -0.3 is 39.0 Å². The minimum atomic E-state index is -1.92. The van der Waals surface area contributed by atoms with Gasteiger partial charge in [0.2, 0.25) is 0 Å². The molecule has 0 aliphatic carbocycles. The van der Waals surface area contributed by atoms with Crippen molar-refractivity contribution in [2.24, 2.45) is 0 Å². The van der Waals surface area contributed by atoms with E-state index in [1.807, 2.05) is 6.08 Å². The van der Waals surface area contributed by atoms with Crippen LogP contribution in [0.1, 0.15) is 265 Å². The van der Waals surface area contributed by atoms with Gasteiger partial charge in [-0.2, -0.15) is 0 Å². The molecule has 83 heavy (non-hydrogen) atoms. The van der Waals surface area contributed by atoms with Gasteiger partial charge in [0, 0.05) is 19.3 Å². The number of aliphatic hydroxyl groups is 2. The van der Waals surface area contributed by atoms with Crippen molar-refractivity contribution in [1.29, 1.82) is 0 Å². The van der Waals surface area contributed by atoms with Crippen LogP contribution in [0.5, 0.6) is 0 Å². The number of carbonyl (C=O) groups excluding carboxylic acids is 3. The lowest BCUT2D eigenvalue weighted by molar-refractivity contribution is -0.301. The van der Waals surface area contributed by atoms with E-state index in [9.17, 15) is 34.5 Å². The zero-order valence-corrected chi connectivity index (χ0v) is 52.2. The fraction of sp³-hybridized carbons (Fsp3) is 0.690. The minimum absolute atomic E-state index is 0.0506. The van der Waals surface area contributed by atoms with E-state index in [0.717, 1.165) is 109 Å². The molecule has 12 nitrogen and oxygen atoms in total. The smallest absolute Gasteiger partial charge is 0.335 e. The summed E-state index contributed by atoms with van der Waals surface area (Å²) in [4.78, 5) is 51.3. The first-order valence-corrected chi connectivity index (χ1v) is 32.9. The fourth-order valence-corrected chi connectivity index (χ4v) is 9.40. The molecule has 0 amide bonds. The van der Waals surface area contributed by atoms with E-state index in [0.29, 0.717) is 25.7 Å². The zero-order valence-electron chi connectivity index (χ0n) is 52.2. The molecule has 12 heteroatoms. The fourth-order valence-electron chi connectivity index (χ4n) is 9.40. The summed E-state index contributed by atoms with van der Waals surface area (Å²) >= 11 is 0. The molecule has 0 radical (unpaired) electrons. The highest BCUT2D eigenvalue weighted by atomic mass is 16.7. The van der Waals surface area contributed by atoms with Gasteiger partial charge in [0.1, 0.15) is 18.8 Å². The second kappa shape index (κ2) is 57.8. The van der Waals surface area contributed by atoms with Crippen molar-refractivity contribution in [3.8, 4) is 0 Å². The van der Waals surface area contributed by atoms with Gasteiger partial charge >= 0.3 is 23.9 Å². The maximum Gasteiger partial charge on any atom is 0.335 e. The Morgan fingerprint density at radius 2 is 0.771 bits per heavy atom. The number of aliphatic carboxylic acids is 1. The van der Waals surface area contributed by atoms with E-state index in [-0.39, 0.29) is 25.9 Å². The Bertz CT molecular complexity index is 1860. The predicted octanol–water partition coefficient (Wildman–Crippen LogP) is 17.8. The molecule has 1 aliphatic rings. The maximum absolute atomic E-state index is 13.2. The standard InChI is InChI=1S/C71H116O12/c1-4-7-10-13-16-19-22-25-28-31-32-35-38-41-44-47-50-53-56-59-65(74)82-69-67(76)66(75)68(70(77)78)83-71(69)80-61-62(81-64(73)58-55-52-49-46-43-40-37-34-30-27-24-21-18-15-12-9-6-3)60-79-63(72)57-54-51-48-45-42-39-36-33-29-26-23-20-17-14-11-8-5-2/h8-9,11-12,17-18,20-21,26-27,29-30,36-37,39-40,45,48,62,66-69,71,75-76H,4-7,10,13-16,19,22-25,28,31-35,38,41-44,46-47,49-61H2,1-3H3,(H,77,78)/b11-8-,12-9-,20-17-,21-18-,29-26-,30-27-,39-36-,40-37-,48-45-. The van der Waals surface area contributed by atoms with Crippen LogP contribution in [-0.2, 0) is 42.9 Å². The maximum atomic E-state index is 13.2. The van der Waals surface area contributed by atoms with Crippen LogP contribution in [0.3, 0.4) is 0 Å². The van der Waals surface area contributed by atoms with Gasteiger partial charge in [0.25, 0.3) is 0 Å². The first-order valence-electron chi connectivity index (χ1n) is 32.9. The van der Waals surface area contributed by atoms with Crippen molar-refractivity contribution in [1.82, 2.24) is 0 Å². The van der Waals surface area contributed by atoms with Crippen LogP contribution < -0.4 is 0 Å². The average molecular weight is 1160 g/mol. The summed E-state index contributed by atoms with van der Waals surface area (Å²) in [5.74, 6) is -3.23. The number of unbranched alkanes of at least 4 members (excludes halogenated alkanes) is 23. The molecular formula is C71H116O12. The van der Waals surface area contributed by atoms with Gasteiger partial charge in [0.05, 0.1) is 6.61 Å². The van der Waals surface area contributed by atoms with Crippen LogP contribution in [-0.4, -0.2) is 89.2 Å². The lowest BCUT2D eigenvalue weighted by Crippen LogP contribution is -2.61. The van der Waals surface area contributed by atoms with E-state index in [1.165, 1.54) is 89.9 Å². The molecule has 1 fully saturated rings. The zero-order chi connectivity index (χ0) is 60.3. The highest BCUT2D eigenvalue weighted by molar-refractivity contribution is 5.74. The molecule has 6 atom stereocenters. The second-order valence-corrected chi connectivity index (χ2v) is 22.0. The van der Waals surface area contributed by atoms with Gasteiger partial charge in [-0.25, -0.2) is 4.79 Å². The molecule has 0 aromatic heterocycles. The Kier molecular flexibility index (Phi) is 53.2. The van der Waals surface area contributed by atoms with Crippen molar-refractivity contribution in [2.75, 3.05) is 13.2 Å². The van der Waals surface area contributed by atoms with Crippen molar-refractivity contribution in [2.45, 2.75) is 302 Å². The number of hydrogen-bond acceptors (Lipinski definition) is 11. The van der Waals surface area contributed by atoms with E-state index >= 15 is 0 Å². The third-order valence-corrected chi connectivity index (χ3v) is 14.3. The number of rotatable bonds is 55. The summed E-state index contributed by atoms with van der Waals surface area (Å²) in [6.45, 7) is 5.72. The van der Waals surface area contributed by atoms with Gasteiger partial charge in [-0.15, -0.1) is 0 Å². The van der Waals surface area contributed by atoms with Crippen LogP contribution in [0.2, 0.25) is 0 Å². The highest BCUT2D eigenvalue weighted by Gasteiger charge is 2.50. The number of carbonyl (C=O) groups is 4. The number of carboxylic acid groups (broad SMARTS) is 1. The highest BCUT2D eigenvalue weighted by Crippen LogP contribution is 2.27. The molecule has 0 spiro atoms. The number of aliphatic hydroxyl groups excluding tert-OH is 2. The molecule has 0 bridgehead atoms. The van der Waals surface area contributed by atoms with Gasteiger partial charge in [-0.05, 0) is 96.3 Å². The van der Waals surface area contributed by atoms with Crippen molar-refractivity contribution in [3.05, 3.63) is 109 Å². The molecule has 6 unspecified atom stereocenters. The lowest BCUT2D eigenvalue weighted by atomic mass is 9.98. The predicted molar refractivity (Wildman–Crippen MR) is 340 cm³/mol. The minimum Gasteiger partial charge on any atom is -0.479 e. The molecule has 1 aliphatic heterocycles. The summed E-state index contributed by atoms with van der Waals surface area (Å²) in [6.07, 6.45) is 66.2. The molecular weight excluding hydrogens is 1040 g/mol. The summed E-state index contributed by atoms with van der Waals surface area (Å²) < 4.78 is 28.5. The second-order valence-electron chi connectivity index (χ2n) is 22.0. The number of allylic oxidation sites excluding steroid dienone is 18. The SMILES string of the molecule is CC/C=C\C/C=C\C/C=C\C/C=C\C/C=C\CCCC(=O)OCC(COC1OC(C(=O)O)C(O)C(O)C1OC(=O)CCCCCCCCCCCCCCCCCCCCC)OC(=O)CCCCCC/C=C\C/C=C\C/C=C\C/C=C\CC. The van der Waals surface area contributed by atoms with Crippen LogP contribution >= 0.6 is 0 Å². The first-order chi connectivity index (χ1) is 40.6. The third-order valence-electron chi connectivity index (χ3n) is 14.3. The first kappa shape index (κ1) is 76.4. The summed E-state index contributed by atoms with van der Waals surface area (Å²) in [5, 5.41) is 31.6. The van der Waals surface area contributed by atoms with E-state index < -0.39 is 67.3 Å². The number of ether oxygens (including phenoxy) is 5. The molecule has 0 aromatic carbocycles. The topological polar surface area (TPSA) is 175 Å². The van der Waals surface area contributed by atoms with E-state index in [4.69, 9.17) is 23.7 Å². The molecule has 0 aromatic rings. The Morgan fingerprint density at radius 1 is 0.410 bits per heavy atom. The molecule has 1 heterocycles. The number of carboxylic acids is 1. The van der Waals surface area contributed by atoms with Crippen molar-refractivity contribution >= 4 is 23.9 Å². The lowest BCUT2D eigenvalue weighted by Gasteiger charge is -2.40. The third kappa shape index (κ3) is 47.3. The molecule has 1 saturated heterocycles. The molecule has 0 saturated carbocycles. The number of esters is 3.